The zero-order valence-corrected chi connectivity index (χ0v) is 8.92. The average molecular weight is 190 g/mol. The van der Waals surface area contributed by atoms with Gasteiger partial charge < -0.3 is 10.2 Å². The molecule has 0 amide bonds. The maximum absolute atomic E-state index is 10.3. The first-order valence-electron chi connectivity index (χ1n) is 4.93. The number of aliphatic hydroxyl groups excluding tert-OH is 1. The second kappa shape index (κ2) is 11.4. The molecule has 3 nitrogen and oxygen atoms in total. The maximum Gasteiger partial charge on any atom is 0.306 e. The highest BCUT2D eigenvalue weighted by atomic mass is 16.4. The fourth-order valence-corrected chi connectivity index (χ4v) is 0.824. The van der Waals surface area contributed by atoms with Crippen LogP contribution >= 0.6 is 0 Å². The molecule has 0 aromatic rings. The molecule has 0 aliphatic rings. The fraction of sp³-hybridized carbons (Fsp3) is 0.900. The molecule has 0 fully saturated rings. The molecule has 13 heavy (non-hydrogen) atoms. The molecule has 0 aromatic carbocycles. The Morgan fingerprint density at radius 1 is 1.31 bits per heavy atom. The largest absolute Gasteiger partial charge is 0.481 e. The van der Waals surface area contributed by atoms with E-state index in [0.29, 0.717) is 0 Å². The van der Waals surface area contributed by atoms with Crippen LogP contribution in [-0.4, -0.2) is 22.8 Å². The van der Waals surface area contributed by atoms with Crippen molar-refractivity contribution >= 4 is 5.97 Å². The van der Waals surface area contributed by atoms with Crippen LogP contribution in [-0.2, 0) is 4.79 Å². The van der Waals surface area contributed by atoms with Gasteiger partial charge in [-0.1, -0.05) is 33.1 Å². The molecule has 0 saturated heterocycles. The van der Waals surface area contributed by atoms with Crippen molar-refractivity contribution in [1.82, 2.24) is 0 Å². The van der Waals surface area contributed by atoms with E-state index in [9.17, 15) is 4.79 Å². The Balaban J connectivity index is 0. The summed E-state index contributed by atoms with van der Waals surface area (Å²) in [7, 11) is 0. The highest BCUT2D eigenvalue weighted by molar-refractivity contribution is 5.69. The summed E-state index contributed by atoms with van der Waals surface area (Å²) in [5.74, 6) is -0.831. The lowest BCUT2D eigenvalue weighted by Crippen LogP contribution is -2.08. The van der Waals surface area contributed by atoms with Crippen molar-refractivity contribution in [2.75, 3.05) is 6.61 Å². The minimum Gasteiger partial charge on any atom is -0.481 e. The first kappa shape index (κ1) is 14.9. The summed E-state index contributed by atoms with van der Waals surface area (Å²) in [4.78, 5) is 10.3. The summed E-state index contributed by atoms with van der Waals surface area (Å²) in [6.07, 6.45) is 4.18. The number of aliphatic carboxylic acids is 1. The Morgan fingerprint density at radius 3 is 2.08 bits per heavy atom. The van der Waals surface area contributed by atoms with Gasteiger partial charge >= 0.3 is 5.97 Å². The standard InChI is InChI=1S/C8H16O2.C2H6O/c1-3-4-5-6-7(2)8(9)10;1-2-3/h7H,3-6H2,1-2H3,(H,9,10);3H,2H2,1H3. The van der Waals surface area contributed by atoms with Gasteiger partial charge in [0.15, 0.2) is 0 Å². The van der Waals surface area contributed by atoms with Gasteiger partial charge in [0, 0.05) is 6.61 Å². The lowest BCUT2D eigenvalue weighted by molar-refractivity contribution is -0.141. The summed E-state index contributed by atoms with van der Waals surface area (Å²) < 4.78 is 0. The third-order valence-corrected chi connectivity index (χ3v) is 1.66. The van der Waals surface area contributed by atoms with Crippen molar-refractivity contribution in [3.05, 3.63) is 0 Å². The monoisotopic (exact) mass is 190 g/mol. The van der Waals surface area contributed by atoms with Crippen molar-refractivity contribution in [1.29, 1.82) is 0 Å². The molecule has 80 valence electrons. The molecule has 1 unspecified atom stereocenters. The van der Waals surface area contributed by atoms with Gasteiger partial charge in [-0.05, 0) is 13.3 Å². The second-order valence-electron chi connectivity index (χ2n) is 3.05. The highest BCUT2D eigenvalue weighted by Gasteiger charge is 2.08. The molecule has 0 rings (SSSR count). The predicted molar refractivity (Wildman–Crippen MR) is 53.7 cm³/mol. The maximum atomic E-state index is 10.3. The van der Waals surface area contributed by atoms with Crippen LogP contribution < -0.4 is 0 Å². The average Bonchev–Trinajstić information content (AvgIpc) is 2.06. The van der Waals surface area contributed by atoms with E-state index in [0.717, 1.165) is 25.7 Å². The minimum atomic E-state index is -0.670. The molecular formula is C10H22O3. The Morgan fingerprint density at radius 2 is 1.77 bits per heavy atom. The molecule has 0 radical (unpaired) electrons. The molecule has 0 bridgehead atoms. The Labute approximate surface area is 80.8 Å². The molecule has 2 N–H and O–H groups in total. The molecule has 1 atom stereocenters. The summed E-state index contributed by atoms with van der Waals surface area (Å²) in [6, 6.07) is 0. The van der Waals surface area contributed by atoms with E-state index in [-0.39, 0.29) is 12.5 Å². The van der Waals surface area contributed by atoms with E-state index in [2.05, 4.69) is 6.92 Å². The van der Waals surface area contributed by atoms with Crippen LogP contribution in [0.3, 0.4) is 0 Å². The molecular weight excluding hydrogens is 168 g/mol. The van der Waals surface area contributed by atoms with Crippen LogP contribution in [0.15, 0.2) is 0 Å². The second-order valence-corrected chi connectivity index (χ2v) is 3.05. The fourth-order valence-electron chi connectivity index (χ4n) is 0.824. The highest BCUT2D eigenvalue weighted by Crippen LogP contribution is 2.08. The van der Waals surface area contributed by atoms with Crippen molar-refractivity contribution in [3.8, 4) is 0 Å². The van der Waals surface area contributed by atoms with Crippen LogP contribution in [0.2, 0.25) is 0 Å². The molecule has 3 heteroatoms. The summed E-state index contributed by atoms with van der Waals surface area (Å²) in [6.45, 7) is 5.81. The Bertz CT molecular complexity index is 113. The summed E-state index contributed by atoms with van der Waals surface area (Å²) >= 11 is 0. The summed E-state index contributed by atoms with van der Waals surface area (Å²) in [5, 5.41) is 16.1. The van der Waals surface area contributed by atoms with Crippen LogP contribution in [0, 0.1) is 5.92 Å². The lowest BCUT2D eigenvalue weighted by atomic mass is 10.0. The number of unbranched alkanes of at least 4 members (excludes halogenated alkanes) is 2. The van der Waals surface area contributed by atoms with E-state index in [1.165, 1.54) is 0 Å². The van der Waals surface area contributed by atoms with Crippen molar-refractivity contribution in [2.45, 2.75) is 46.5 Å². The number of aliphatic hydroxyl groups is 1. The molecule has 0 saturated carbocycles. The summed E-state index contributed by atoms with van der Waals surface area (Å²) in [5.41, 5.74) is 0. The van der Waals surface area contributed by atoms with Gasteiger partial charge in [0.05, 0.1) is 5.92 Å². The lowest BCUT2D eigenvalue weighted by Gasteiger charge is -2.03. The van der Waals surface area contributed by atoms with Gasteiger partial charge in [-0.3, -0.25) is 4.79 Å². The van der Waals surface area contributed by atoms with Crippen molar-refractivity contribution in [3.63, 3.8) is 0 Å². The van der Waals surface area contributed by atoms with Gasteiger partial charge in [0.25, 0.3) is 0 Å². The smallest absolute Gasteiger partial charge is 0.306 e. The Hall–Kier alpha value is -0.570. The number of carboxylic acid groups (broad SMARTS) is 1. The van der Waals surface area contributed by atoms with E-state index in [1.807, 2.05) is 0 Å². The predicted octanol–water partition coefficient (Wildman–Crippen LogP) is 2.29. The molecule has 0 heterocycles. The third kappa shape index (κ3) is 14.3. The normalized spacial score (nSPS) is 11.4. The molecule has 0 aliphatic heterocycles. The van der Waals surface area contributed by atoms with Gasteiger partial charge in [-0.25, -0.2) is 0 Å². The third-order valence-electron chi connectivity index (χ3n) is 1.66. The minimum absolute atomic E-state index is 0.161. The number of carbonyl (C=O) groups is 1. The van der Waals surface area contributed by atoms with E-state index >= 15 is 0 Å². The van der Waals surface area contributed by atoms with Crippen molar-refractivity contribution < 1.29 is 15.0 Å². The van der Waals surface area contributed by atoms with Gasteiger partial charge in [-0.2, -0.15) is 0 Å². The van der Waals surface area contributed by atoms with E-state index in [1.54, 1.807) is 13.8 Å². The number of hydrogen-bond donors (Lipinski definition) is 2. The van der Waals surface area contributed by atoms with Crippen LogP contribution in [0.25, 0.3) is 0 Å². The Kier molecular flexibility index (Phi) is 13.1. The quantitative estimate of drug-likeness (QED) is 0.654. The van der Waals surface area contributed by atoms with Gasteiger partial charge in [-0.15, -0.1) is 0 Å². The number of rotatable bonds is 5. The van der Waals surface area contributed by atoms with Crippen LogP contribution in [0.1, 0.15) is 46.5 Å². The zero-order chi connectivity index (χ0) is 10.7. The van der Waals surface area contributed by atoms with Crippen molar-refractivity contribution in [2.24, 2.45) is 5.92 Å². The topological polar surface area (TPSA) is 57.5 Å². The first-order chi connectivity index (χ1) is 6.09. The number of hydrogen-bond acceptors (Lipinski definition) is 2. The molecule has 0 aromatic heterocycles. The van der Waals surface area contributed by atoms with Crippen LogP contribution in [0.4, 0.5) is 0 Å². The number of carboxylic acids is 1. The van der Waals surface area contributed by atoms with Crippen LogP contribution in [0.5, 0.6) is 0 Å². The van der Waals surface area contributed by atoms with Gasteiger partial charge in [0.2, 0.25) is 0 Å². The van der Waals surface area contributed by atoms with Gasteiger partial charge in [0.1, 0.15) is 0 Å². The van der Waals surface area contributed by atoms with E-state index in [4.69, 9.17) is 10.2 Å². The first-order valence-corrected chi connectivity index (χ1v) is 4.93. The SMILES string of the molecule is CCCCCC(C)C(=O)O.CCO. The zero-order valence-electron chi connectivity index (χ0n) is 8.92. The van der Waals surface area contributed by atoms with E-state index < -0.39 is 5.97 Å². The molecule has 0 aliphatic carbocycles. The molecule has 0 spiro atoms.